The summed E-state index contributed by atoms with van der Waals surface area (Å²) in [4.78, 5) is 17.1. The molecule has 0 aliphatic carbocycles. The lowest BCUT2D eigenvalue weighted by molar-refractivity contribution is -0.142. The number of nitrogens with zero attached hydrogens (tertiary/aromatic N) is 2. The molecule has 2 heterocycles. The van der Waals surface area contributed by atoms with Crippen LogP contribution in [0.1, 0.15) is 27.7 Å². The molecular weight excluding hydrogens is 308 g/mol. The first-order chi connectivity index (χ1) is 11.3. The molecule has 2 saturated heterocycles. The maximum absolute atomic E-state index is 12.8. The second-order valence-corrected chi connectivity index (χ2v) is 8.21. The predicted molar refractivity (Wildman–Crippen MR) is 92.8 cm³/mol. The van der Waals surface area contributed by atoms with Gasteiger partial charge in [-0.3, -0.25) is 9.69 Å². The van der Waals surface area contributed by atoms with Gasteiger partial charge in [-0.1, -0.05) is 0 Å². The van der Waals surface area contributed by atoms with Crippen molar-refractivity contribution in [3.05, 3.63) is 0 Å². The van der Waals surface area contributed by atoms with E-state index in [0.29, 0.717) is 19.1 Å². The summed E-state index contributed by atoms with van der Waals surface area (Å²) in [6, 6.07) is 0. The van der Waals surface area contributed by atoms with Crippen LogP contribution in [0.25, 0.3) is 0 Å². The van der Waals surface area contributed by atoms with Gasteiger partial charge in [-0.2, -0.15) is 0 Å². The molecule has 0 aromatic rings. The monoisotopic (exact) mass is 342 g/mol. The molecule has 2 fully saturated rings. The minimum Gasteiger partial charge on any atom is -0.396 e. The first kappa shape index (κ1) is 19.6. The maximum atomic E-state index is 12.8. The van der Waals surface area contributed by atoms with Crippen LogP contribution >= 0.6 is 0 Å². The molecule has 0 unspecified atom stereocenters. The van der Waals surface area contributed by atoms with Gasteiger partial charge in [0.1, 0.15) is 0 Å². The van der Waals surface area contributed by atoms with Gasteiger partial charge in [-0.05, 0) is 33.6 Å². The van der Waals surface area contributed by atoms with E-state index >= 15 is 0 Å². The Morgan fingerprint density at radius 2 is 1.75 bits per heavy atom. The van der Waals surface area contributed by atoms with E-state index in [1.54, 1.807) is 7.11 Å². The highest BCUT2D eigenvalue weighted by Gasteiger charge is 2.41. The number of ether oxygens (including phenoxy) is 2. The number of carbonyl (C=O) groups excluding carboxylic acids is 1. The molecule has 2 rings (SSSR count). The van der Waals surface area contributed by atoms with Crippen LogP contribution in [-0.4, -0.2) is 86.1 Å². The van der Waals surface area contributed by atoms with Crippen LogP contribution in [0, 0.1) is 17.3 Å². The van der Waals surface area contributed by atoms with E-state index in [9.17, 15) is 9.90 Å². The van der Waals surface area contributed by atoms with Crippen molar-refractivity contribution in [2.24, 2.45) is 17.3 Å². The first-order valence-electron chi connectivity index (χ1n) is 9.03. The molecule has 0 bridgehead atoms. The number of rotatable bonds is 6. The van der Waals surface area contributed by atoms with Crippen molar-refractivity contribution in [2.45, 2.75) is 39.9 Å². The molecule has 2 aliphatic heterocycles. The number of carbonyl (C=O) groups is 1. The van der Waals surface area contributed by atoms with Crippen molar-refractivity contribution >= 4 is 5.91 Å². The summed E-state index contributed by atoms with van der Waals surface area (Å²) in [6.07, 6.45) is 0.474. The van der Waals surface area contributed by atoms with Crippen molar-refractivity contribution in [1.29, 1.82) is 0 Å². The summed E-state index contributed by atoms with van der Waals surface area (Å²) >= 11 is 0. The average molecular weight is 342 g/mol. The number of hydrogen-bond donors (Lipinski definition) is 1. The topological polar surface area (TPSA) is 62.2 Å². The van der Waals surface area contributed by atoms with Crippen LogP contribution in [0.15, 0.2) is 0 Å². The third-order valence-electron chi connectivity index (χ3n) is 5.17. The molecule has 2 aliphatic rings. The molecule has 1 amide bonds. The predicted octanol–water partition coefficient (Wildman–Crippen LogP) is 0.835. The van der Waals surface area contributed by atoms with Crippen LogP contribution in [0.4, 0.5) is 0 Å². The molecule has 24 heavy (non-hydrogen) atoms. The number of aliphatic hydroxyl groups is 1. The lowest BCUT2D eigenvalue weighted by Crippen LogP contribution is -2.48. The Kier molecular flexibility index (Phi) is 6.65. The zero-order chi connectivity index (χ0) is 17.9. The number of methoxy groups -OCH3 is 1. The Hall–Kier alpha value is -0.690. The summed E-state index contributed by atoms with van der Waals surface area (Å²) in [5.74, 6) is 0.588. The highest BCUT2D eigenvalue weighted by molar-refractivity contribution is 5.82. The van der Waals surface area contributed by atoms with Gasteiger partial charge < -0.3 is 19.5 Å². The third-order valence-corrected chi connectivity index (χ3v) is 5.17. The van der Waals surface area contributed by atoms with Crippen LogP contribution in [-0.2, 0) is 14.3 Å². The Morgan fingerprint density at radius 1 is 1.17 bits per heavy atom. The Balaban J connectivity index is 1.97. The summed E-state index contributed by atoms with van der Waals surface area (Å²) in [6.45, 7) is 12.7. The van der Waals surface area contributed by atoms with Crippen LogP contribution in [0.3, 0.4) is 0 Å². The maximum Gasteiger partial charge on any atom is 0.230 e. The molecule has 1 N–H and O–H groups in total. The lowest BCUT2D eigenvalue weighted by Gasteiger charge is -2.37. The van der Waals surface area contributed by atoms with E-state index in [4.69, 9.17) is 9.47 Å². The number of hydrogen-bond acceptors (Lipinski definition) is 5. The Labute approximate surface area is 146 Å². The molecule has 0 saturated carbocycles. The van der Waals surface area contributed by atoms with Gasteiger partial charge in [0.2, 0.25) is 5.91 Å². The van der Waals surface area contributed by atoms with E-state index < -0.39 is 5.41 Å². The van der Waals surface area contributed by atoms with E-state index in [2.05, 4.69) is 18.7 Å². The van der Waals surface area contributed by atoms with Gasteiger partial charge in [0.05, 0.1) is 24.2 Å². The van der Waals surface area contributed by atoms with Crippen LogP contribution in [0.5, 0.6) is 0 Å². The van der Waals surface area contributed by atoms with Gasteiger partial charge >= 0.3 is 0 Å². The molecule has 0 aromatic carbocycles. The van der Waals surface area contributed by atoms with Gasteiger partial charge in [0.15, 0.2) is 0 Å². The summed E-state index contributed by atoms with van der Waals surface area (Å²) in [5, 5.41) is 9.77. The lowest BCUT2D eigenvalue weighted by atomic mass is 9.93. The smallest absolute Gasteiger partial charge is 0.230 e. The van der Waals surface area contributed by atoms with Crippen molar-refractivity contribution in [3.8, 4) is 0 Å². The van der Waals surface area contributed by atoms with Crippen LogP contribution < -0.4 is 0 Å². The average Bonchev–Trinajstić information content (AvgIpc) is 2.88. The van der Waals surface area contributed by atoms with E-state index in [1.807, 2.05) is 18.7 Å². The third kappa shape index (κ3) is 4.69. The van der Waals surface area contributed by atoms with Crippen LogP contribution in [0.2, 0.25) is 0 Å². The highest BCUT2D eigenvalue weighted by Crippen LogP contribution is 2.29. The molecule has 140 valence electrons. The molecule has 4 atom stereocenters. The fourth-order valence-corrected chi connectivity index (χ4v) is 4.13. The molecule has 6 nitrogen and oxygen atoms in total. The number of likely N-dealkylation sites (tertiary alicyclic amines) is 1. The minimum atomic E-state index is -0.522. The number of morpholine rings is 1. The SMILES string of the molecule is COCC(C)(C)C(=O)N1C[C@@H](CN2C[C@@H](C)O[C@@H](C)C2)[C@@H](CO)C1. The number of amides is 1. The fourth-order valence-electron chi connectivity index (χ4n) is 4.13. The standard InChI is InChI=1S/C18H34N2O4/c1-13-6-19(7-14(2)24-13)8-15-9-20(10-16(15)11-21)17(22)18(3,4)12-23-5/h13-16,21H,6-12H2,1-5H3/t13-,14+,15-,16-/m1/s1. The van der Waals surface area contributed by atoms with Crippen molar-refractivity contribution < 1.29 is 19.4 Å². The second-order valence-electron chi connectivity index (χ2n) is 8.21. The zero-order valence-electron chi connectivity index (χ0n) is 15.8. The second kappa shape index (κ2) is 8.13. The summed E-state index contributed by atoms with van der Waals surface area (Å²) in [7, 11) is 1.62. The zero-order valence-corrected chi connectivity index (χ0v) is 15.8. The van der Waals surface area contributed by atoms with E-state index in [-0.39, 0.29) is 30.6 Å². The van der Waals surface area contributed by atoms with Crippen molar-refractivity contribution in [2.75, 3.05) is 53.0 Å². The number of aliphatic hydroxyl groups excluding tert-OH is 1. The summed E-state index contributed by atoms with van der Waals surface area (Å²) < 4.78 is 11.0. The largest absolute Gasteiger partial charge is 0.396 e. The Bertz CT molecular complexity index is 419. The highest BCUT2D eigenvalue weighted by atomic mass is 16.5. The van der Waals surface area contributed by atoms with Gasteiger partial charge in [-0.25, -0.2) is 0 Å². The quantitative estimate of drug-likeness (QED) is 0.775. The molecule has 0 spiro atoms. The van der Waals surface area contributed by atoms with Crippen molar-refractivity contribution in [1.82, 2.24) is 9.80 Å². The fraction of sp³-hybridized carbons (Fsp3) is 0.944. The molecular formula is C18H34N2O4. The summed E-state index contributed by atoms with van der Waals surface area (Å²) in [5.41, 5.74) is -0.522. The minimum absolute atomic E-state index is 0.119. The molecule has 0 aromatic heterocycles. The van der Waals surface area contributed by atoms with E-state index in [1.165, 1.54) is 0 Å². The van der Waals surface area contributed by atoms with Gasteiger partial charge in [-0.15, -0.1) is 0 Å². The Morgan fingerprint density at radius 3 is 2.29 bits per heavy atom. The van der Waals surface area contributed by atoms with Gasteiger partial charge in [0, 0.05) is 52.4 Å². The first-order valence-corrected chi connectivity index (χ1v) is 9.03. The normalized spacial score (nSPS) is 32.3. The van der Waals surface area contributed by atoms with Crippen molar-refractivity contribution in [3.63, 3.8) is 0 Å². The molecule has 0 radical (unpaired) electrons. The molecule has 6 heteroatoms. The van der Waals surface area contributed by atoms with Gasteiger partial charge in [0.25, 0.3) is 0 Å². The van der Waals surface area contributed by atoms with E-state index in [0.717, 1.165) is 26.2 Å².